The fourth-order valence-electron chi connectivity index (χ4n) is 3.33. The van der Waals surface area contributed by atoms with Crippen molar-refractivity contribution >= 4 is 21.7 Å². The molecule has 0 bridgehead atoms. The highest BCUT2D eigenvalue weighted by molar-refractivity contribution is 7.91. The quantitative estimate of drug-likeness (QED) is 0.808. The summed E-state index contributed by atoms with van der Waals surface area (Å²) in [4.78, 5) is 28.2. The van der Waals surface area contributed by atoms with Gasteiger partial charge in [-0.1, -0.05) is 18.2 Å². The zero-order valence-corrected chi connectivity index (χ0v) is 14.4. The molecule has 0 N–H and O–H groups in total. The van der Waals surface area contributed by atoms with Gasteiger partial charge in [0.25, 0.3) is 5.91 Å². The molecule has 0 aliphatic carbocycles. The third-order valence-corrected chi connectivity index (χ3v) is 6.57. The summed E-state index contributed by atoms with van der Waals surface area (Å²) in [5.41, 5.74) is 0.661. The number of sulfone groups is 1. The molecule has 2 saturated heterocycles. The van der Waals surface area contributed by atoms with Gasteiger partial charge in [-0.25, -0.2) is 8.42 Å². The van der Waals surface area contributed by atoms with Gasteiger partial charge in [0.1, 0.15) is 0 Å². The van der Waals surface area contributed by atoms with Gasteiger partial charge in [-0.05, 0) is 24.5 Å². The molecular weight excluding hydrogens is 328 g/mol. The van der Waals surface area contributed by atoms with Crippen molar-refractivity contribution in [3.05, 3.63) is 35.9 Å². The van der Waals surface area contributed by atoms with Gasteiger partial charge in [-0.15, -0.1) is 0 Å². The average Bonchev–Trinajstić information content (AvgIpc) is 2.93. The largest absolute Gasteiger partial charge is 0.339 e. The van der Waals surface area contributed by atoms with Crippen LogP contribution in [0.3, 0.4) is 0 Å². The third kappa shape index (κ3) is 3.95. The van der Waals surface area contributed by atoms with Gasteiger partial charge in [-0.3, -0.25) is 9.59 Å². The molecule has 1 aromatic carbocycles. The van der Waals surface area contributed by atoms with E-state index in [2.05, 4.69) is 0 Å². The van der Waals surface area contributed by atoms with Crippen LogP contribution in [-0.4, -0.2) is 67.7 Å². The van der Waals surface area contributed by atoms with Crippen molar-refractivity contribution in [2.75, 3.05) is 37.7 Å². The van der Waals surface area contributed by atoms with Crippen LogP contribution in [0.15, 0.2) is 30.3 Å². The molecule has 0 spiro atoms. The Labute approximate surface area is 142 Å². The van der Waals surface area contributed by atoms with Crippen LogP contribution < -0.4 is 0 Å². The maximum absolute atomic E-state index is 12.4. The van der Waals surface area contributed by atoms with Crippen LogP contribution in [0.4, 0.5) is 0 Å². The predicted octanol–water partition coefficient (Wildman–Crippen LogP) is 0.796. The van der Waals surface area contributed by atoms with Crippen LogP contribution >= 0.6 is 0 Å². The number of rotatable bonds is 3. The van der Waals surface area contributed by atoms with E-state index in [4.69, 9.17) is 0 Å². The van der Waals surface area contributed by atoms with E-state index >= 15 is 0 Å². The minimum Gasteiger partial charge on any atom is -0.339 e. The number of hydrogen-bond donors (Lipinski definition) is 0. The summed E-state index contributed by atoms with van der Waals surface area (Å²) in [5, 5.41) is 0. The van der Waals surface area contributed by atoms with Crippen LogP contribution in [0.5, 0.6) is 0 Å². The highest BCUT2D eigenvalue weighted by atomic mass is 32.2. The topological polar surface area (TPSA) is 74.8 Å². The van der Waals surface area contributed by atoms with E-state index in [1.54, 1.807) is 21.9 Å². The monoisotopic (exact) mass is 350 g/mol. The number of carbonyl (C=O) groups excluding carboxylic acids is 2. The molecule has 2 aliphatic heterocycles. The van der Waals surface area contributed by atoms with Gasteiger partial charge in [0.05, 0.1) is 11.5 Å². The Morgan fingerprint density at radius 2 is 1.62 bits per heavy atom. The fourth-order valence-corrected chi connectivity index (χ4v) is 5.19. The number of amides is 2. The zero-order valence-electron chi connectivity index (χ0n) is 13.6. The lowest BCUT2D eigenvalue weighted by Crippen LogP contribution is -2.50. The first kappa shape index (κ1) is 17.0. The van der Waals surface area contributed by atoms with E-state index in [-0.39, 0.29) is 29.2 Å². The number of carbonyl (C=O) groups is 2. The molecule has 2 aliphatic rings. The molecule has 0 radical (unpaired) electrons. The highest BCUT2D eigenvalue weighted by Gasteiger charge is 2.32. The smallest absolute Gasteiger partial charge is 0.253 e. The normalized spacial score (nSPS) is 23.2. The standard InChI is InChI=1S/C17H22N2O4S/c20-16(12-14-6-11-24(22,23)13-14)18-7-9-19(10-8-18)17(21)15-4-2-1-3-5-15/h1-5,14H,6-13H2. The predicted molar refractivity (Wildman–Crippen MR) is 90.3 cm³/mol. The van der Waals surface area contributed by atoms with Crippen molar-refractivity contribution in [1.82, 2.24) is 9.80 Å². The number of benzene rings is 1. The molecule has 6 nitrogen and oxygen atoms in total. The minimum atomic E-state index is -2.95. The average molecular weight is 350 g/mol. The molecule has 130 valence electrons. The van der Waals surface area contributed by atoms with E-state index in [0.29, 0.717) is 44.6 Å². The molecule has 0 saturated carbocycles. The van der Waals surface area contributed by atoms with Crippen molar-refractivity contribution < 1.29 is 18.0 Å². The first-order valence-corrected chi connectivity index (χ1v) is 10.1. The molecule has 0 aromatic heterocycles. The van der Waals surface area contributed by atoms with Gasteiger partial charge < -0.3 is 9.80 Å². The third-order valence-electron chi connectivity index (χ3n) is 4.73. The van der Waals surface area contributed by atoms with Crippen molar-refractivity contribution in [1.29, 1.82) is 0 Å². The van der Waals surface area contributed by atoms with E-state index in [0.717, 1.165) is 0 Å². The lowest BCUT2D eigenvalue weighted by molar-refractivity contribution is -0.133. The summed E-state index contributed by atoms with van der Waals surface area (Å²) in [6, 6.07) is 9.13. The van der Waals surface area contributed by atoms with Gasteiger partial charge >= 0.3 is 0 Å². The second kappa shape index (κ2) is 6.93. The summed E-state index contributed by atoms with van der Waals surface area (Å²) in [7, 11) is -2.95. The molecule has 1 atom stereocenters. The molecule has 7 heteroatoms. The summed E-state index contributed by atoms with van der Waals surface area (Å²) < 4.78 is 23.0. The summed E-state index contributed by atoms with van der Waals surface area (Å²) >= 11 is 0. The summed E-state index contributed by atoms with van der Waals surface area (Å²) in [5.74, 6) is 0.273. The van der Waals surface area contributed by atoms with Crippen LogP contribution in [0, 0.1) is 5.92 Å². The Balaban J connectivity index is 1.50. The second-order valence-electron chi connectivity index (χ2n) is 6.51. The molecule has 2 heterocycles. The first-order valence-electron chi connectivity index (χ1n) is 8.27. The van der Waals surface area contributed by atoms with Crippen molar-refractivity contribution in [2.24, 2.45) is 5.92 Å². The molecule has 2 amide bonds. The number of nitrogens with zero attached hydrogens (tertiary/aromatic N) is 2. The van der Waals surface area contributed by atoms with E-state index in [1.807, 2.05) is 18.2 Å². The molecule has 1 aromatic rings. The zero-order chi connectivity index (χ0) is 17.2. The number of hydrogen-bond acceptors (Lipinski definition) is 4. The maximum atomic E-state index is 12.4. The molecule has 3 rings (SSSR count). The van der Waals surface area contributed by atoms with Crippen LogP contribution in [0.1, 0.15) is 23.2 Å². The summed E-state index contributed by atoms with van der Waals surface area (Å²) in [6.07, 6.45) is 0.881. The number of piperazine rings is 1. The second-order valence-corrected chi connectivity index (χ2v) is 8.74. The Hall–Kier alpha value is -1.89. The Kier molecular flexibility index (Phi) is 4.89. The Morgan fingerprint density at radius 3 is 2.21 bits per heavy atom. The Morgan fingerprint density at radius 1 is 1.00 bits per heavy atom. The Bertz CT molecular complexity index is 709. The van der Waals surface area contributed by atoms with E-state index in [1.165, 1.54) is 0 Å². The van der Waals surface area contributed by atoms with E-state index in [9.17, 15) is 18.0 Å². The van der Waals surface area contributed by atoms with Crippen molar-refractivity contribution in [3.63, 3.8) is 0 Å². The minimum absolute atomic E-state index is 0.00362. The van der Waals surface area contributed by atoms with Crippen molar-refractivity contribution in [2.45, 2.75) is 12.8 Å². The first-order chi connectivity index (χ1) is 11.4. The van der Waals surface area contributed by atoms with Crippen LogP contribution in [0.2, 0.25) is 0 Å². The summed E-state index contributed by atoms with van der Waals surface area (Å²) in [6.45, 7) is 2.05. The molecule has 1 unspecified atom stereocenters. The SMILES string of the molecule is O=C(CC1CCS(=O)(=O)C1)N1CCN(C(=O)c2ccccc2)CC1. The molecule has 24 heavy (non-hydrogen) atoms. The van der Waals surface area contributed by atoms with Crippen LogP contribution in [-0.2, 0) is 14.6 Å². The lowest BCUT2D eigenvalue weighted by Gasteiger charge is -2.35. The van der Waals surface area contributed by atoms with Gasteiger partial charge in [0.15, 0.2) is 9.84 Å². The maximum Gasteiger partial charge on any atom is 0.253 e. The van der Waals surface area contributed by atoms with E-state index < -0.39 is 9.84 Å². The molecular formula is C17H22N2O4S. The highest BCUT2D eigenvalue weighted by Crippen LogP contribution is 2.22. The van der Waals surface area contributed by atoms with Crippen molar-refractivity contribution in [3.8, 4) is 0 Å². The molecule has 2 fully saturated rings. The van der Waals surface area contributed by atoms with Gasteiger partial charge in [0, 0.05) is 38.2 Å². The lowest BCUT2D eigenvalue weighted by atomic mass is 10.0. The van der Waals surface area contributed by atoms with Crippen LogP contribution in [0.25, 0.3) is 0 Å². The van der Waals surface area contributed by atoms with Gasteiger partial charge in [0.2, 0.25) is 5.91 Å². The van der Waals surface area contributed by atoms with Gasteiger partial charge in [-0.2, -0.15) is 0 Å². The fraction of sp³-hybridized carbons (Fsp3) is 0.529.